The lowest BCUT2D eigenvalue weighted by molar-refractivity contribution is -0.135. The summed E-state index contributed by atoms with van der Waals surface area (Å²) in [6.45, 7) is 9.13. The van der Waals surface area contributed by atoms with Crippen molar-refractivity contribution in [2.75, 3.05) is 43.0 Å². The predicted molar refractivity (Wildman–Crippen MR) is 160 cm³/mol. The van der Waals surface area contributed by atoms with Crippen molar-refractivity contribution in [3.05, 3.63) is 64.3 Å². The molecule has 3 aromatic rings. The molecular formula is C30H35ClN6O5. The quantitative estimate of drug-likeness (QED) is 0.464. The maximum Gasteiger partial charge on any atom is 0.410 e. The summed E-state index contributed by atoms with van der Waals surface area (Å²) in [7, 11) is 1.85. The largest absolute Gasteiger partial charge is 0.484 e. The molecule has 2 aliphatic heterocycles. The number of hydrogen-bond donors (Lipinski definition) is 1. The Labute approximate surface area is 249 Å². The van der Waals surface area contributed by atoms with E-state index < -0.39 is 5.60 Å². The van der Waals surface area contributed by atoms with Gasteiger partial charge in [0.15, 0.2) is 6.61 Å². The highest BCUT2D eigenvalue weighted by Crippen LogP contribution is 2.38. The second-order valence-electron chi connectivity index (χ2n) is 11.5. The number of carbonyl (C=O) groups excluding carboxylic acids is 3. The lowest BCUT2D eigenvalue weighted by atomic mass is 10.1. The van der Waals surface area contributed by atoms with Gasteiger partial charge in [0.2, 0.25) is 0 Å². The van der Waals surface area contributed by atoms with E-state index >= 15 is 0 Å². The van der Waals surface area contributed by atoms with E-state index in [0.29, 0.717) is 44.0 Å². The number of anilines is 3. The minimum Gasteiger partial charge on any atom is -0.484 e. The number of rotatable bonds is 4. The molecule has 0 radical (unpaired) electrons. The maximum absolute atomic E-state index is 13.8. The molecule has 2 aliphatic rings. The third kappa shape index (κ3) is 6.30. The van der Waals surface area contributed by atoms with E-state index in [4.69, 9.17) is 21.1 Å². The Kier molecular flexibility index (Phi) is 8.05. The first kappa shape index (κ1) is 29.2. The third-order valence-corrected chi connectivity index (χ3v) is 7.41. The summed E-state index contributed by atoms with van der Waals surface area (Å²) in [5, 5.41) is 7.97. The van der Waals surface area contributed by atoms with Crippen LogP contribution in [0.2, 0.25) is 5.02 Å². The summed E-state index contributed by atoms with van der Waals surface area (Å²) in [6.07, 6.45) is 1.36. The average molecular weight is 595 g/mol. The Morgan fingerprint density at radius 3 is 2.43 bits per heavy atom. The molecule has 0 spiro atoms. The highest BCUT2D eigenvalue weighted by atomic mass is 35.5. The highest BCUT2D eigenvalue weighted by Gasteiger charge is 2.29. The Morgan fingerprint density at radius 1 is 1.02 bits per heavy atom. The SMILES string of the molecule is Cc1ccc2c(c1)Nc1c(cnn1C)CN2C(=O)c1ccc(OCC(=O)N2CCN(C(=O)OC(C)(C)C)CC2)cc1Cl. The van der Waals surface area contributed by atoms with Gasteiger partial charge in [-0.2, -0.15) is 5.10 Å². The van der Waals surface area contributed by atoms with Crippen LogP contribution in [0.15, 0.2) is 42.6 Å². The summed E-state index contributed by atoms with van der Waals surface area (Å²) in [5.74, 6) is 0.726. The number of ether oxygens (including phenoxy) is 2. The highest BCUT2D eigenvalue weighted by molar-refractivity contribution is 6.34. The molecule has 0 bridgehead atoms. The Hall–Kier alpha value is -4.25. The first-order valence-electron chi connectivity index (χ1n) is 13.8. The molecule has 12 heteroatoms. The minimum absolute atomic E-state index is 0.190. The molecule has 0 aliphatic carbocycles. The van der Waals surface area contributed by atoms with Crippen LogP contribution < -0.4 is 15.0 Å². The van der Waals surface area contributed by atoms with Crippen molar-refractivity contribution in [3.8, 4) is 5.75 Å². The zero-order valence-electron chi connectivity index (χ0n) is 24.4. The number of piperazine rings is 1. The number of aromatic nitrogens is 2. The van der Waals surface area contributed by atoms with E-state index in [1.807, 2.05) is 52.9 Å². The Bertz CT molecular complexity index is 1520. The van der Waals surface area contributed by atoms with Crippen LogP contribution in [0.1, 0.15) is 42.3 Å². The van der Waals surface area contributed by atoms with Gasteiger partial charge in [-0.05, 0) is 63.6 Å². The average Bonchev–Trinajstić information content (AvgIpc) is 3.18. The fourth-order valence-electron chi connectivity index (χ4n) is 4.92. The summed E-state index contributed by atoms with van der Waals surface area (Å²) in [4.78, 5) is 43.8. The molecule has 5 rings (SSSR count). The lowest BCUT2D eigenvalue weighted by Crippen LogP contribution is -2.52. The molecule has 0 saturated carbocycles. The molecule has 1 aromatic heterocycles. The van der Waals surface area contributed by atoms with Crippen LogP contribution in [0.3, 0.4) is 0 Å². The first-order valence-corrected chi connectivity index (χ1v) is 14.2. The summed E-state index contributed by atoms with van der Waals surface area (Å²) in [5.41, 5.74) is 3.20. The van der Waals surface area contributed by atoms with Gasteiger partial charge in [-0.3, -0.25) is 14.3 Å². The fraction of sp³-hybridized carbons (Fsp3) is 0.400. The number of nitrogens with zero attached hydrogens (tertiary/aromatic N) is 5. The number of amides is 3. The molecule has 0 unspecified atom stereocenters. The first-order chi connectivity index (χ1) is 19.9. The fourth-order valence-corrected chi connectivity index (χ4v) is 5.17. The summed E-state index contributed by atoms with van der Waals surface area (Å²) < 4.78 is 12.9. The van der Waals surface area contributed by atoms with Gasteiger partial charge < -0.3 is 29.5 Å². The second-order valence-corrected chi connectivity index (χ2v) is 11.9. The topological polar surface area (TPSA) is 109 Å². The standard InChI is InChI=1S/C30H35ClN6O5/c1-19-6-9-25-24(14-19)33-27-20(16-32-34(27)5)17-37(25)28(39)22-8-7-21(15-23(22)31)41-18-26(38)35-10-12-36(13-11-35)29(40)42-30(2,3)4/h6-9,14-16,33H,10-13,17-18H2,1-5H3. The lowest BCUT2D eigenvalue weighted by Gasteiger charge is -2.35. The molecule has 11 nitrogen and oxygen atoms in total. The minimum atomic E-state index is -0.573. The van der Waals surface area contributed by atoms with E-state index in [1.165, 1.54) is 0 Å². The zero-order chi connectivity index (χ0) is 30.2. The van der Waals surface area contributed by atoms with Crippen LogP contribution in [0.4, 0.5) is 22.0 Å². The van der Waals surface area contributed by atoms with Gasteiger partial charge in [0.25, 0.3) is 11.8 Å². The van der Waals surface area contributed by atoms with Crippen LogP contribution >= 0.6 is 11.6 Å². The van der Waals surface area contributed by atoms with E-state index in [2.05, 4.69) is 10.4 Å². The van der Waals surface area contributed by atoms with Gasteiger partial charge in [0.1, 0.15) is 17.2 Å². The molecule has 1 fully saturated rings. The molecule has 3 amide bonds. The van der Waals surface area contributed by atoms with Gasteiger partial charge in [-0.15, -0.1) is 0 Å². The van der Waals surface area contributed by atoms with Crippen LogP contribution in [0, 0.1) is 6.92 Å². The molecule has 3 heterocycles. The Morgan fingerprint density at radius 2 is 1.74 bits per heavy atom. The van der Waals surface area contributed by atoms with Crippen molar-refractivity contribution in [2.24, 2.45) is 7.05 Å². The molecule has 42 heavy (non-hydrogen) atoms. The van der Waals surface area contributed by atoms with Crippen molar-refractivity contribution >= 4 is 46.7 Å². The van der Waals surface area contributed by atoms with Crippen molar-refractivity contribution in [3.63, 3.8) is 0 Å². The molecule has 222 valence electrons. The number of halogens is 1. The third-order valence-electron chi connectivity index (χ3n) is 7.10. The van der Waals surface area contributed by atoms with Gasteiger partial charge in [-0.25, -0.2) is 4.79 Å². The van der Waals surface area contributed by atoms with Crippen LogP contribution in [-0.2, 0) is 23.1 Å². The van der Waals surface area contributed by atoms with Crippen LogP contribution in [0.25, 0.3) is 0 Å². The molecule has 1 N–H and O–H groups in total. The monoisotopic (exact) mass is 594 g/mol. The molecule has 2 aromatic carbocycles. The zero-order valence-corrected chi connectivity index (χ0v) is 25.2. The van der Waals surface area contributed by atoms with Crippen molar-refractivity contribution in [2.45, 2.75) is 39.8 Å². The van der Waals surface area contributed by atoms with Crippen molar-refractivity contribution in [1.82, 2.24) is 19.6 Å². The van der Waals surface area contributed by atoms with E-state index in [1.54, 1.807) is 43.8 Å². The van der Waals surface area contributed by atoms with E-state index in [0.717, 1.165) is 28.3 Å². The maximum atomic E-state index is 13.8. The van der Waals surface area contributed by atoms with Crippen molar-refractivity contribution < 1.29 is 23.9 Å². The normalized spacial score (nSPS) is 14.9. The van der Waals surface area contributed by atoms with Crippen LogP contribution in [0.5, 0.6) is 5.75 Å². The number of carbonyl (C=O) groups is 3. The van der Waals surface area contributed by atoms with E-state index in [9.17, 15) is 14.4 Å². The number of fused-ring (bicyclic) bond motifs is 2. The molecule has 0 atom stereocenters. The van der Waals surface area contributed by atoms with Crippen molar-refractivity contribution in [1.29, 1.82) is 0 Å². The number of aryl methyl sites for hydroxylation is 2. The smallest absolute Gasteiger partial charge is 0.410 e. The molecule has 1 saturated heterocycles. The van der Waals surface area contributed by atoms with Gasteiger partial charge in [0.05, 0.1) is 34.7 Å². The predicted octanol–water partition coefficient (Wildman–Crippen LogP) is 4.74. The van der Waals surface area contributed by atoms with Crippen LogP contribution in [-0.4, -0.2) is 75.9 Å². The Balaban J connectivity index is 1.23. The summed E-state index contributed by atoms with van der Waals surface area (Å²) in [6, 6.07) is 10.7. The second kappa shape index (κ2) is 11.6. The van der Waals surface area contributed by atoms with E-state index in [-0.39, 0.29) is 29.5 Å². The van der Waals surface area contributed by atoms with Gasteiger partial charge >= 0.3 is 6.09 Å². The van der Waals surface area contributed by atoms with Gasteiger partial charge in [-0.1, -0.05) is 17.7 Å². The summed E-state index contributed by atoms with van der Waals surface area (Å²) >= 11 is 6.59. The molecular weight excluding hydrogens is 560 g/mol. The number of hydrogen-bond acceptors (Lipinski definition) is 7. The number of nitrogens with one attached hydrogen (secondary N) is 1. The number of benzene rings is 2. The van der Waals surface area contributed by atoms with Gasteiger partial charge in [0, 0.05) is 38.8 Å².